The van der Waals surface area contributed by atoms with Crippen LogP contribution in [0.1, 0.15) is 33.1 Å². The lowest BCUT2D eigenvalue weighted by Crippen LogP contribution is -2.44. The van der Waals surface area contributed by atoms with Crippen molar-refractivity contribution in [1.29, 1.82) is 0 Å². The molecule has 0 unspecified atom stereocenters. The Hall–Kier alpha value is -1.26. The van der Waals surface area contributed by atoms with Gasteiger partial charge in [0.1, 0.15) is 0 Å². The highest BCUT2D eigenvalue weighted by Crippen LogP contribution is 2.36. The van der Waals surface area contributed by atoms with Crippen LogP contribution < -0.4 is 10.6 Å². The summed E-state index contributed by atoms with van der Waals surface area (Å²) >= 11 is 0. The first-order chi connectivity index (χ1) is 8.60. The molecule has 1 heterocycles. The summed E-state index contributed by atoms with van der Waals surface area (Å²) < 4.78 is 0. The Kier molecular flexibility index (Phi) is 5.44. The minimum absolute atomic E-state index is 0.0207. The van der Waals surface area contributed by atoms with Crippen LogP contribution in [-0.4, -0.2) is 50.5 Å². The van der Waals surface area contributed by atoms with Crippen molar-refractivity contribution in [3.8, 4) is 0 Å². The Labute approximate surface area is 110 Å². The molecule has 0 bridgehead atoms. The summed E-state index contributed by atoms with van der Waals surface area (Å²) in [5.41, 5.74) is 0.421. The maximum Gasteiger partial charge on any atom is 0.239 e. The number of likely N-dealkylation sites (N-methyl/N-ethyl adjacent to an activating group) is 1. The van der Waals surface area contributed by atoms with Gasteiger partial charge in [0.2, 0.25) is 5.91 Å². The summed E-state index contributed by atoms with van der Waals surface area (Å²) in [5.74, 6) is 0.815. The van der Waals surface area contributed by atoms with Gasteiger partial charge in [0, 0.05) is 27.2 Å². The lowest BCUT2D eigenvalue weighted by atomic mass is 9.82. The summed E-state index contributed by atoms with van der Waals surface area (Å²) in [4.78, 5) is 17.8. The number of carbonyl (C=O) groups excluding carboxylic acids is 1. The van der Waals surface area contributed by atoms with Gasteiger partial charge in [0.05, 0.1) is 6.54 Å². The van der Waals surface area contributed by atoms with E-state index in [0.29, 0.717) is 5.41 Å². The van der Waals surface area contributed by atoms with Crippen LogP contribution in [0.5, 0.6) is 0 Å². The number of rotatable bonds is 4. The predicted molar refractivity (Wildman–Crippen MR) is 74.6 cm³/mol. The fraction of sp³-hybridized carbons (Fsp3) is 0.846. The minimum atomic E-state index is -0.0207. The molecule has 1 rings (SSSR count). The number of nitrogens with one attached hydrogen (secondary N) is 2. The lowest BCUT2D eigenvalue weighted by Gasteiger charge is -2.27. The van der Waals surface area contributed by atoms with Crippen molar-refractivity contribution in [2.24, 2.45) is 10.4 Å². The number of hydrogen-bond donors (Lipinski definition) is 2. The monoisotopic (exact) mass is 254 g/mol. The van der Waals surface area contributed by atoms with Gasteiger partial charge in [0.15, 0.2) is 5.96 Å². The second kappa shape index (κ2) is 6.61. The molecule has 1 aliphatic rings. The molecule has 0 radical (unpaired) electrons. The molecule has 1 amide bonds. The van der Waals surface area contributed by atoms with E-state index >= 15 is 0 Å². The number of carbonyl (C=O) groups is 1. The summed E-state index contributed by atoms with van der Waals surface area (Å²) in [5, 5.41) is 5.71. The van der Waals surface area contributed by atoms with Gasteiger partial charge < -0.3 is 15.5 Å². The molecule has 0 aliphatic carbocycles. The number of nitrogens with zero attached hydrogens (tertiary/aromatic N) is 2. The molecule has 5 heteroatoms. The van der Waals surface area contributed by atoms with E-state index < -0.39 is 0 Å². The van der Waals surface area contributed by atoms with Crippen molar-refractivity contribution in [1.82, 2.24) is 15.5 Å². The maximum atomic E-state index is 11.2. The standard InChI is InChI=1S/C13H26N4O/c1-5-13(6-2)7-8-17(10-13)12(15-4)16-9-11(18)14-3/h5-10H2,1-4H3,(H,14,18)(H,15,16). The SMILES string of the molecule is CCC1(CC)CCN(C(=NC)NCC(=O)NC)C1. The van der Waals surface area contributed by atoms with Gasteiger partial charge in [-0.1, -0.05) is 13.8 Å². The molecule has 104 valence electrons. The summed E-state index contributed by atoms with van der Waals surface area (Å²) in [7, 11) is 3.41. The fourth-order valence-electron chi connectivity index (χ4n) is 2.52. The first-order valence-electron chi connectivity index (χ1n) is 6.77. The molecule has 0 atom stereocenters. The van der Waals surface area contributed by atoms with Gasteiger partial charge in [-0.15, -0.1) is 0 Å². The molecule has 1 saturated heterocycles. The van der Waals surface area contributed by atoms with Crippen LogP contribution in [0.3, 0.4) is 0 Å². The molecule has 0 spiro atoms. The van der Waals surface area contributed by atoms with Gasteiger partial charge in [-0.3, -0.25) is 9.79 Å². The van der Waals surface area contributed by atoms with Crippen molar-refractivity contribution in [2.75, 3.05) is 33.7 Å². The third-order valence-electron chi connectivity index (χ3n) is 4.14. The summed E-state index contributed by atoms with van der Waals surface area (Å²) in [6, 6.07) is 0. The topological polar surface area (TPSA) is 56.7 Å². The zero-order valence-electron chi connectivity index (χ0n) is 12.0. The summed E-state index contributed by atoms with van der Waals surface area (Å²) in [6.07, 6.45) is 3.61. The van der Waals surface area contributed by atoms with Crippen LogP contribution in [0.2, 0.25) is 0 Å². The first kappa shape index (κ1) is 14.8. The number of aliphatic imine (C=N–C) groups is 1. The van der Waals surface area contributed by atoms with Crippen molar-refractivity contribution in [2.45, 2.75) is 33.1 Å². The molecule has 0 aromatic rings. The van der Waals surface area contributed by atoms with E-state index in [9.17, 15) is 4.79 Å². The average Bonchev–Trinajstić information content (AvgIpc) is 2.84. The van der Waals surface area contributed by atoms with E-state index in [1.165, 1.54) is 19.3 Å². The Morgan fingerprint density at radius 3 is 2.50 bits per heavy atom. The van der Waals surface area contributed by atoms with E-state index in [-0.39, 0.29) is 12.5 Å². The third-order valence-corrected chi connectivity index (χ3v) is 4.14. The van der Waals surface area contributed by atoms with Gasteiger partial charge in [-0.2, -0.15) is 0 Å². The van der Waals surface area contributed by atoms with Crippen molar-refractivity contribution in [3.63, 3.8) is 0 Å². The van der Waals surface area contributed by atoms with Crippen LogP contribution >= 0.6 is 0 Å². The van der Waals surface area contributed by atoms with Crippen LogP contribution in [0.4, 0.5) is 0 Å². The second-order valence-corrected chi connectivity index (χ2v) is 4.95. The molecular weight excluding hydrogens is 228 g/mol. The molecule has 0 saturated carbocycles. The second-order valence-electron chi connectivity index (χ2n) is 4.95. The molecule has 0 aromatic heterocycles. The highest BCUT2D eigenvalue weighted by atomic mass is 16.1. The molecule has 5 nitrogen and oxygen atoms in total. The first-order valence-corrected chi connectivity index (χ1v) is 6.77. The van der Waals surface area contributed by atoms with Crippen LogP contribution in [-0.2, 0) is 4.79 Å². The highest BCUT2D eigenvalue weighted by molar-refractivity contribution is 5.86. The van der Waals surface area contributed by atoms with Gasteiger partial charge in [0.25, 0.3) is 0 Å². The molecule has 1 aliphatic heterocycles. The van der Waals surface area contributed by atoms with Crippen molar-refractivity contribution >= 4 is 11.9 Å². The fourth-order valence-corrected chi connectivity index (χ4v) is 2.52. The third kappa shape index (κ3) is 3.37. The van der Waals surface area contributed by atoms with E-state index in [0.717, 1.165) is 19.0 Å². The largest absolute Gasteiger partial charge is 0.358 e. The zero-order chi connectivity index (χ0) is 13.6. The Morgan fingerprint density at radius 1 is 1.39 bits per heavy atom. The quantitative estimate of drug-likeness (QED) is 0.577. The molecule has 2 N–H and O–H groups in total. The van der Waals surface area contributed by atoms with E-state index in [2.05, 4.69) is 34.4 Å². The van der Waals surface area contributed by atoms with Crippen LogP contribution in [0.25, 0.3) is 0 Å². The van der Waals surface area contributed by atoms with E-state index in [4.69, 9.17) is 0 Å². The number of likely N-dealkylation sites (tertiary alicyclic amines) is 1. The Morgan fingerprint density at radius 2 is 2.06 bits per heavy atom. The molecule has 0 aromatic carbocycles. The normalized spacial score (nSPS) is 18.9. The van der Waals surface area contributed by atoms with Gasteiger partial charge in [-0.25, -0.2) is 0 Å². The van der Waals surface area contributed by atoms with Crippen molar-refractivity contribution in [3.05, 3.63) is 0 Å². The predicted octanol–water partition coefficient (Wildman–Crippen LogP) is 0.820. The Balaban J connectivity index is 2.56. The van der Waals surface area contributed by atoms with E-state index in [1.807, 2.05) is 0 Å². The van der Waals surface area contributed by atoms with Crippen molar-refractivity contribution < 1.29 is 4.79 Å². The summed E-state index contributed by atoms with van der Waals surface area (Å²) in [6.45, 7) is 6.86. The highest BCUT2D eigenvalue weighted by Gasteiger charge is 2.36. The maximum absolute atomic E-state index is 11.2. The van der Waals surface area contributed by atoms with Gasteiger partial charge >= 0.3 is 0 Å². The number of hydrogen-bond acceptors (Lipinski definition) is 2. The van der Waals surface area contributed by atoms with Gasteiger partial charge in [-0.05, 0) is 24.7 Å². The smallest absolute Gasteiger partial charge is 0.239 e. The Bertz CT molecular complexity index is 310. The molecule has 1 fully saturated rings. The lowest BCUT2D eigenvalue weighted by molar-refractivity contribution is -0.119. The van der Waals surface area contributed by atoms with Crippen LogP contribution in [0.15, 0.2) is 4.99 Å². The zero-order valence-corrected chi connectivity index (χ0v) is 12.0. The molecular formula is C13H26N4O. The number of amides is 1. The van der Waals surface area contributed by atoms with E-state index in [1.54, 1.807) is 14.1 Å². The molecule has 18 heavy (non-hydrogen) atoms. The number of guanidine groups is 1. The minimum Gasteiger partial charge on any atom is -0.358 e. The van der Waals surface area contributed by atoms with Crippen LogP contribution in [0, 0.1) is 5.41 Å². The average molecular weight is 254 g/mol.